The maximum Gasteiger partial charge on any atom is 0.137 e. The Morgan fingerprint density at radius 3 is 2.37 bits per heavy atom. The highest BCUT2D eigenvalue weighted by molar-refractivity contribution is 7.99. The van der Waals surface area contributed by atoms with Crippen LogP contribution >= 0.6 is 11.8 Å². The third-order valence-electron chi connectivity index (χ3n) is 7.46. The molecule has 0 amide bonds. The van der Waals surface area contributed by atoms with E-state index in [2.05, 4.69) is 128 Å². The van der Waals surface area contributed by atoms with E-state index < -0.39 is 0 Å². The van der Waals surface area contributed by atoms with Crippen LogP contribution in [0.15, 0.2) is 131 Å². The van der Waals surface area contributed by atoms with Crippen LogP contribution in [0.5, 0.6) is 0 Å². The summed E-state index contributed by atoms with van der Waals surface area (Å²) >= 11 is 1.68. The number of hydrogen-bond acceptors (Lipinski definition) is 4. The molecular formula is C36H30N4S. The smallest absolute Gasteiger partial charge is 0.137 e. The molecule has 1 N–H and O–H groups in total. The summed E-state index contributed by atoms with van der Waals surface area (Å²) in [5, 5.41) is 8.04. The molecule has 0 radical (unpaired) electrons. The molecule has 4 aromatic carbocycles. The van der Waals surface area contributed by atoms with Gasteiger partial charge in [0.15, 0.2) is 0 Å². The minimum Gasteiger partial charge on any atom is -0.354 e. The van der Waals surface area contributed by atoms with Gasteiger partial charge in [0.2, 0.25) is 0 Å². The fourth-order valence-electron chi connectivity index (χ4n) is 5.35. The third kappa shape index (κ3) is 4.83. The fraction of sp³-hybridized carbons (Fsp3) is 0.111. The summed E-state index contributed by atoms with van der Waals surface area (Å²) in [5.41, 5.74) is 6.59. The third-order valence-corrected chi connectivity index (χ3v) is 8.38. The highest BCUT2D eigenvalue weighted by atomic mass is 32.2. The highest BCUT2D eigenvalue weighted by Gasteiger charge is 2.18. The molecule has 7 aromatic rings. The van der Waals surface area contributed by atoms with E-state index in [0.717, 1.165) is 49.1 Å². The van der Waals surface area contributed by atoms with Crippen molar-refractivity contribution in [3.8, 4) is 5.82 Å². The number of anilines is 2. The zero-order valence-electron chi connectivity index (χ0n) is 23.3. The predicted molar refractivity (Wildman–Crippen MR) is 173 cm³/mol. The standard InChI is InChI=1S/C36H30N4S/c1-36(2,3)25-20-21-37-33(22-25)40-31-15-8-7-13-28(31)29-18-17-27(23-32(29)40)41-34-19-16-24-10-9-14-30(35(24)39-34)38-26-11-5-4-6-12-26/h4-23,38H,1-3H3. The second kappa shape index (κ2) is 10.1. The van der Waals surface area contributed by atoms with Crippen LogP contribution in [0.25, 0.3) is 38.5 Å². The predicted octanol–water partition coefficient (Wildman–Crippen LogP) is 9.92. The zero-order valence-corrected chi connectivity index (χ0v) is 24.1. The van der Waals surface area contributed by atoms with Crippen molar-refractivity contribution in [2.75, 3.05) is 5.32 Å². The van der Waals surface area contributed by atoms with E-state index >= 15 is 0 Å². The lowest BCUT2D eigenvalue weighted by Gasteiger charge is -2.20. The average Bonchev–Trinajstić information content (AvgIpc) is 3.31. The Hall–Kier alpha value is -4.61. The van der Waals surface area contributed by atoms with Crippen molar-refractivity contribution in [1.29, 1.82) is 0 Å². The molecule has 0 saturated carbocycles. The lowest BCUT2D eigenvalue weighted by molar-refractivity contribution is 0.588. The normalized spacial score (nSPS) is 11.9. The van der Waals surface area contributed by atoms with Gasteiger partial charge in [-0.15, -0.1) is 0 Å². The number of nitrogens with one attached hydrogen (secondary N) is 1. The molecule has 4 nitrogen and oxygen atoms in total. The van der Waals surface area contributed by atoms with Crippen molar-refractivity contribution >= 4 is 55.8 Å². The van der Waals surface area contributed by atoms with Crippen LogP contribution < -0.4 is 5.32 Å². The summed E-state index contributed by atoms with van der Waals surface area (Å²) < 4.78 is 2.29. The van der Waals surface area contributed by atoms with Gasteiger partial charge in [-0.1, -0.05) is 93.2 Å². The SMILES string of the molecule is CC(C)(C)c1ccnc(-n2c3ccccc3c3ccc(Sc4ccc5cccc(Nc6ccccc6)c5n4)cc32)c1. The van der Waals surface area contributed by atoms with Crippen molar-refractivity contribution < 1.29 is 0 Å². The second-order valence-corrected chi connectivity index (χ2v) is 12.4. The van der Waals surface area contributed by atoms with E-state index in [0.29, 0.717) is 0 Å². The Balaban J connectivity index is 1.32. The molecule has 0 bridgehead atoms. The second-order valence-electron chi connectivity index (χ2n) is 11.3. The number of rotatable bonds is 5. The summed E-state index contributed by atoms with van der Waals surface area (Å²) in [5.74, 6) is 0.936. The van der Waals surface area contributed by atoms with Crippen LogP contribution in [0, 0.1) is 0 Å². The van der Waals surface area contributed by atoms with Crippen LogP contribution in [0.2, 0.25) is 0 Å². The molecule has 0 atom stereocenters. The van der Waals surface area contributed by atoms with Crippen LogP contribution in [0.4, 0.5) is 11.4 Å². The molecule has 0 saturated heterocycles. The first-order valence-corrected chi connectivity index (χ1v) is 14.7. The van der Waals surface area contributed by atoms with Crippen molar-refractivity contribution in [1.82, 2.24) is 14.5 Å². The van der Waals surface area contributed by atoms with Crippen molar-refractivity contribution in [3.05, 3.63) is 127 Å². The van der Waals surface area contributed by atoms with Gasteiger partial charge in [0.25, 0.3) is 0 Å². The maximum absolute atomic E-state index is 5.09. The van der Waals surface area contributed by atoms with Gasteiger partial charge in [0.1, 0.15) is 10.8 Å². The average molecular weight is 551 g/mol. The van der Waals surface area contributed by atoms with Crippen LogP contribution in [0.3, 0.4) is 0 Å². The molecule has 200 valence electrons. The molecular weight excluding hydrogens is 520 g/mol. The summed E-state index contributed by atoms with van der Waals surface area (Å²) in [6, 6.07) is 40.3. The number of nitrogens with zero attached hydrogens (tertiary/aromatic N) is 3. The van der Waals surface area contributed by atoms with E-state index in [-0.39, 0.29) is 5.41 Å². The summed E-state index contributed by atoms with van der Waals surface area (Å²) in [6.07, 6.45) is 1.93. The molecule has 0 unspecified atom stereocenters. The first-order chi connectivity index (χ1) is 19.9. The van der Waals surface area contributed by atoms with Crippen molar-refractivity contribution in [2.45, 2.75) is 36.1 Å². The minimum absolute atomic E-state index is 0.0352. The first kappa shape index (κ1) is 25.4. The Kier molecular flexibility index (Phi) is 6.25. The Morgan fingerprint density at radius 2 is 1.51 bits per heavy atom. The van der Waals surface area contributed by atoms with E-state index in [1.807, 2.05) is 24.4 Å². The molecule has 3 heterocycles. The van der Waals surface area contributed by atoms with Gasteiger partial charge < -0.3 is 5.32 Å². The van der Waals surface area contributed by atoms with Crippen LogP contribution in [0.1, 0.15) is 26.3 Å². The molecule has 0 spiro atoms. The van der Waals surface area contributed by atoms with E-state index in [4.69, 9.17) is 9.97 Å². The lowest BCUT2D eigenvalue weighted by atomic mass is 9.88. The van der Waals surface area contributed by atoms with Gasteiger partial charge in [0.05, 0.1) is 22.2 Å². The van der Waals surface area contributed by atoms with E-state index in [1.54, 1.807) is 11.8 Å². The molecule has 5 heteroatoms. The fourth-order valence-corrected chi connectivity index (χ4v) is 6.17. The number of hydrogen-bond donors (Lipinski definition) is 1. The van der Waals surface area contributed by atoms with Crippen molar-refractivity contribution in [2.24, 2.45) is 0 Å². The van der Waals surface area contributed by atoms with Crippen LogP contribution in [-0.4, -0.2) is 14.5 Å². The number of pyridine rings is 2. The van der Waals surface area contributed by atoms with Gasteiger partial charge in [-0.25, -0.2) is 9.97 Å². The minimum atomic E-state index is 0.0352. The monoisotopic (exact) mass is 550 g/mol. The molecule has 3 aromatic heterocycles. The van der Waals surface area contributed by atoms with Crippen LogP contribution in [-0.2, 0) is 5.41 Å². The Morgan fingerprint density at radius 1 is 0.707 bits per heavy atom. The molecule has 7 rings (SSSR count). The summed E-state index contributed by atoms with van der Waals surface area (Å²) in [7, 11) is 0. The lowest BCUT2D eigenvalue weighted by Crippen LogP contribution is -2.12. The number of benzene rings is 4. The van der Waals surface area contributed by atoms with Gasteiger partial charge in [-0.2, -0.15) is 0 Å². The molecule has 0 aliphatic rings. The summed E-state index contributed by atoms with van der Waals surface area (Å²) in [4.78, 5) is 11.0. The Labute approximate surface area is 244 Å². The molecule has 0 aliphatic carbocycles. The van der Waals surface area contributed by atoms with E-state index in [1.165, 1.54) is 16.3 Å². The highest BCUT2D eigenvalue weighted by Crippen LogP contribution is 2.37. The maximum atomic E-state index is 5.09. The topological polar surface area (TPSA) is 42.7 Å². The Bertz CT molecular complexity index is 2040. The van der Waals surface area contributed by atoms with Crippen molar-refractivity contribution in [3.63, 3.8) is 0 Å². The van der Waals surface area contributed by atoms with E-state index in [9.17, 15) is 0 Å². The summed E-state index contributed by atoms with van der Waals surface area (Å²) in [6.45, 7) is 6.72. The molecule has 0 fully saturated rings. The van der Waals surface area contributed by atoms with Gasteiger partial charge >= 0.3 is 0 Å². The van der Waals surface area contributed by atoms with Gasteiger partial charge in [-0.05, 0) is 65.6 Å². The number of para-hydroxylation sites is 3. The van der Waals surface area contributed by atoms with Gasteiger partial charge in [0, 0.05) is 32.9 Å². The number of fused-ring (bicyclic) bond motifs is 4. The number of aromatic nitrogens is 3. The zero-order chi connectivity index (χ0) is 28.0. The molecule has 0 aliphatic heterocycles. The largest absolute Gasteiger partial charge is 0.354 e. The molecule has 41 heavy (non-hydrogen) atoms. The van der Waals surface area contributed by atoms with Gasteiger partial charge in [-0.3, -0.25) is 4.57 Å². The first-order valence-electron chi connectivity index (χ1n) is 13.8. The quantitative estimate of drug-likeness (QED) is 0.232.